The Hall–Kier alpha value is -1.07. The Balaban J connectivity index is 2.38. The largest absolute Gasteiger partial charge is 0.462 e. The van der Waals surface area contributed by atoms with Gasteiger partial charge in [0.05, 0.1) is 12.2 Å². The zero-order chi connectivity index (χ0) is 15.4. The summed E-state index contributed by atoms with van der Waals surface area (Å²) in [6.45, 7) is 3.71. The summed E-state index contributed by atoms with van der Waals surface area (Å²) in [6.07, 6.45) is 5.18. The molecule has 1 aromatic heterocycles. The molecule has 0 spiro atoms. The molecule has 2 rings (SSSR count). The number of carbonyl (C=O) groups excluding carboxylic acids is 2. The zero-order valence-corrected chi connectivity index (χ0v) is 13.9. The van der Waals surface area contributed by atoms with Crippen LogP contribution in [0.5, 0.6) is 0 Å². The van der Waals surface area contributed by atoms with E-state index in [4.69, 9.17) is 16.3 Å². The van der Waals surface area contributed by atoms with E-state index in [1.807, 2.05) is 0 Å². The number of nitrogens with one attached hydrogen (secondary N) is 1. The Morgan fingerprint density at radius 2 is 2.05 bits per heavy atom. The number of aryl methyl sites for hydroxylation is 1. The van der Waals surface area contributed by atoms with Crippen LogP contribution in [-0.4, -0.2) is 23.9 Å². The summed E-state index contributed by atoms with van der Waals surface area (Å²) >= 11 is 7.28. The van der Waals surface area contributed by atoms with Crippen molar-refractivity contribution in [3.8, 4) is 0 Å². The van der Waals surface area contributed by atoms with E-state index in [1.165, 1.54) is 22.6 Å². The van der Waals surface area contributed by atoms with Crippen LogP contribution in [0.25, 0.3) is 0 Å². The van der Waals surface area contributed by atoms with Gasteiger partial charge in [-0.2, -0.15) is 0 Å². The molecule has 0 bridgehead atoms. The van der Waals surface area contributed by atoms with Gasteiger partial charge in [-0.05, 0) is 45.1 Å². The molecule has 0 saturated carbocycles. The second-order valence-electron chi connectivity index (χ2n) is 5.09. The number of thiophene rings is 1. The molecule has 1 aromatic rings. The maximum Gasteiger partial charge on any atom is 0.341 e. The first-order chi connectivity index (χ1) is 10.0. The Bertz CT molecular complexity index is 539. The van der Waals surface area contributed by atoms with Crippen LogP contribution in [0.2, 0.25) is 0 Å². The molecule has 0 saturated heterocycles. The van der Waals surface area contributed by atoms with Crippen molar-refractivity contribution in [2.24, 2.45) is 0 Å². The molecule has 1 amide bonds. The van der Waals surface area contributed by atoms with E-state index >= 15 is 0 Å². The number of rotatable bonds is 4. The third-order valence-electron chi connectivity index (χ3n) is 3.50. The minimum Gasteiger partial charge on any atom is -0.462 e. The van der Waals surface area contributed by atoms with Crippen molar-refractivity contribution in [1.29, 1.82) is 0 Å². The monoisotopic (exact) mass is 329 g/mol. The van der Waals surface area contributed by atoms with Crippen molar-refractivity contribution in [3.63, 3.8) is 0 Å². The van der Waals surface area contributed by atoms with Crippen LogP contribution in [0, 0.1) is 0 Å². The maximum absolute atomic E-state index is 12.3. The van der Waals surface area contributed by atoms with Gasteiger partial charge in [0, 0.05) is 4.88 Å². The van der Waals surface area contributed by atoms with Crippen LogP contribution >= 0.6 is 22.9 Å². The molecule has 0 aromatic carbocycles. The number of fused-ring (bicyclic) bond motifs is 1. The van der Waals surface area contributed by atoms with E-state index in [1.54, 1.807) is 13.8 Å². The fourth-order valence-corrected chi connectivity index (χ4v) is 3.80. The summed E-state index contributed by atoms with van der Waals surface area (Å²) in [4.78, 5) is 25.3. The molecule has 0 fully saturated rings. The van der Waals surface area contributed by atoms with Gasteiger partial charge in [0.15, 0.2) is 0 Å². The lowest BCUT2D eigenvalue weighted by Gasteiger charge is -2.09. The normalized spacial score (nSPS) is 15.8. The van der Waals surface area contributed by atoms with Crippen LogP contribution in [0.1, 0.15) is 53.9 Å². The first-order valence-corrected chi connectivity index (χ1v) is 8.56. The van der Waals surface area contributed by atoms with Gasteiger partial charge < -0.3 is 10.1 Å². The molecule has 1 aliphatic rings. The SMILES string of the molecule is CCOC(=O)c1c(NC(=O)C(C)Cl)sc2c1CCCCC2. The molecule has 6 heteroatoms. The van der Waals surface area contributed by atoms with Crippen LogP contribution in [-0.2, 0) is 22.4 Å². The summed E-state index contributed by atoms with van der Waals surface area (Å²) in [6, 6.07) is 0. The second kappa shape index (κ2) is 7.27. The lowest BCUT2D eigenvalue weighted by atomic mass is 10.1. The average molecular weight is 330 g/mol. The van der Waals surface area contributed by atoms with Gasteiger partial charge >= 0.3 is 5.97 Å². The molecule has 1 aliphatic carbocycles. The molecular weight excluding hydrogens is 310 g/mol. The molecular formula is C15H20ClNO3S. The van der Waals surface area contributed by atoms with Crippen molar-refractivity contribution in [2.45, 2.75) is 51.3 Å². The van der Waals surface area contributed by atoms with Crippen molar-refractivity contribution in [1.82, 2.24) is 0 Å². The quantitative estimate of drug-likeness (QED) is 0.520. The second-order valence-corrected chi connectivity index (χ2v) is 6.85. The van der Waals surface area contributed by atoms with Crippen LogP contribution < -0.4 is 5.32 Å². The van der Waals surface area contributed by atoms with Crippen LogP contribution in [0.4, 0.5) is 5.00 Å². The summed E-state index contributed by atoms with van der Waals surface area (Å²) < 4.78 is 5.16. The van der Waals surface area contributed by atoms with Gasteiger partial charge in [0.1, 0.15) is 10.4 Å². The minimum atomic E-state index is -0.637. The smallest absolute Gasteiger partial charge is 0.341 e. The predicted molar refractivity (Wildman–Crippen MR) is 85.5 cm³/mol. The van der Waals surface area contributed by atoms with Gasteiger partial charge in [0.25, 0.3) is 0 Å². The van der Waals surface area contributed by atoms with E-state index < -0.39 is 5.38 Å². The Morgan fingerprint density at radius 1 is 1.33 bits per heavy atom. The fraction of sp³-hybridized carbons (Fsp3) is 0.600. The highest BCUT2D eigenvalue weighted by Gasteiger charge is 2.27. The topological polar surface area (TPSA) is 55.4 Å². The predicted octanol–water partition coefficient (Wildman–Crippen LogP) is 3.76. The Morgan fingerprint density at radius 3 is 2.71 bits per heavy atom. The minimum absolute atomic E-state index is 0.293. The zero-order valence-electron chi connectivity index (χ0n) is 12.3. The lowest BCUT2D eigenvalue weighted by molar-refractivity contribution is -0.115. The summed E-state index contributed by atoms with van der Waals surface area (Å²) in [7, 11) is 0. The van der Waals surface area contributed by atoms with Gasteiger partial charge in [-0.15, -0.1) is 22.9 Å². The van der Waals surface area contributed by atoms with E-state index in [0.29, 0.717) is 17.2 Å². The Labute approximate surface area is 133 Å². The molecule has 1 N–H and O–H groups in total. The standard InChI is InChI=1S/C15H20ClNO3S/c1-3-20-15(19)12-10-7-5-4-6-8-11(10)21-14(12)17-13(18)9(2)16/h9H,3-8H2,1-2H3,(H,17,18). The number of halogens is 1. The van der Waals surface area contributed by atoms with E-state index in [-0.39, 0.29) is 11.9 Å². The number of alkyl halides is 1. The Kier molecular flexibility index (Phi) is 5.65. The van der Waals surface area contributed by atoms with Gasteiger partial charge in [0.2, 0.25) is 5.91 Å². The van der Waals surface area contributed by atoms with Crippen molar-refractivity contribution in [3.05, 3.63) is 16.0 Å². The molecule has 116 valence electrons. The van der Waals surface area contributed by atoms with Crippen molar-refractivity contribution >= 4 is 39.8 Å². The highest BCUT2D eigenvalue weighted by molar-refractivity contribution is 7.17. The number of hydrogen-bond donors (Lipinski definition) is 1. The first kappa shape index (κ1) is 16.3. The van der Waals surface area contributed by atoms with Crippen molar-refractivity contribution in [2.75, 3.05) is 11.9 Å². The molecule has 1 heterocycles. The molecule has 21 heavy (non-hydrogen) atoms. The molecule has 1 unspecified atom stereocenters. The van der Waals surface area contributed by atoms with Crippen LogP contribution in [0.15, 0.2) is 0 Å². The van der Waals surface area contributed by atoms with Gasteiger partial charge in [-0.3, -0.25) is 4.79 Å². The number of anilines is 1. The summed E-state index contributed by atoms with van der Waals surface area (Å²) in [5.41, 5.74) is 1.58. The fourth-order valence-electron chi connectivity index (χ4n) is 2.46. The lowest BCUT2D eigenvalue weighted by Crippen LogP contribution is -2.21. The highest BCUT2D eigenvalue weighted by Crippen LogP contribution is 2.38. The number of hydrogen-bond acceptors (Lipinski definition) is 4. The third-order valence-corrected chi connectivity index (χ3v) is 4.90. The van der Waals surface area contributed by atoms with Crippen LogP contribution in [0.3, 0.4) is 0 Å². The number of esters is 1. The first-order valence-electron chi connectivity index (χ1n) is 7.31. The average Bonchev–Trinajstić information content (AvgIpc) is 2.61. The molecule has 0 aliphatic heterocycles. The molecule has 1 atom stereocenters. The molecule has 0 radical (unpaired) electrons. The summed E-state index contributed by atoms with van der Waals surface area (Å²) in [5.74, 6) is -0.645. The molecule has 4 nitrogen and oxygen atoms in total. The van der Waals surface area contributed by atoms with E-state index in [9.17, 15) is 9.59 Å². The number of ether oxygens (including phenoxy) is 1. The van der Waals surface area contributed by atoms with E-state index in [0.717, 1.165) is 31.2 Å². The summed E-state index contributed by atoms with van der Waals surface area (Å²) in [5, 5.41) is 2.72. The number of amides is 1. The van der Waals surface area contributed by atoms with E-state index in [2.05, 4.69) is 5.32 Å². The van der Waals surface area contributed by atoms with Crippen molar-refractivity contribution < 1.29 is 14.3 Å². The van der Waals surface area contributed by atoms with Gasteiger partial charge in [-0.1, -0.05) is 6.42 Å². The highest BCUT2D eigenvalue weighted by atomic mass is 35.5. The number of carbonyl (C=O) groups is 2. The third kappa shape index (κ3) is 3.77. The maximum atomic E-state index is 12.3. The van der Waals surface area contributed by atoms with Gasteiger partial charge in [-0.25, -0.2) is 4.79 Å².